The van der Waals surface area contributed by atoms with E-state index >= 15 is 0 Å². The van der Waals surface area contributed by atoms with E-state index in [1.165, 1.54) is 12.1 Å². The summed E-state index contributed by atoms with van der Waals surface area (Å²) in [7, 11) is 0. The summed E-state index contributed by atoms with van der Waals surface area (Å²) in [6.45, 7) is 8.83. The van der Waals surface area contributed by atoms with Gasteiger partial charge in [0.15, 0.2) is 11.5 Å². The number of nitrogens with zero attached hydrogens (tertiary/aromatic N) is 1. The summed E-state index contributed by atoms with van der Waals surface area (Å²) in [5.74, 6) is 1.19. The second-order valence-electron chi connectivity index (χ2n) is 9.03. The Hall–Kier alpha value is -2.88. The zero-order valence-corrected chi connectivity index (χ0v) is 21.3. The number of rotatable bonds is 10. The number of hydrazine groups is 1. The van der Waals surface area contributed by atoms with E-state index in [2.05, 4.69) is 21.1 Å². The van der Waals surface area contributed by atoms with E-state index in [0.29, 0.717) is 42.6 Å². The van der Waals surface area contributed by atoms with Gasteiger partial charge < -0.3 is 19.5 Å². The van der Waals surface area contributed by atoms with Crippen LogP contribution >= 0.6 is 0 Å². The molecule has 0 bridgehead atoms. The van der Waals surface area contributed by atoms with Crippen molar-refractivity contribution < 1.29 is 23.4 Å². The average molecular weight is 501 g/mol. The summed E-state index contributed by atoms with van der Waals surface area (Å²) in [5.41, 5.74) is 8.28. The van der Waals surface area contributed by atoms with Crippen molar-refractivity contribution in [2.45, 2.75) is 58.3 Å². The van der Waals surface area contributed by atoms with Crippen LogP contribution in [0.3, 0.4) is 0 Å². The molecule has 3 N–H and O–H groups in total. The number of hydrogen-bond acceptors (Lipinski definition) is 7. The Bertz CT molecular complexity index is 984. The third kappa shape index (κ3) is 6.27. The van der Waals surface area contributed by atoms with E-state index in [-0.39, 0.29) is 30.0 Å². The first-order valence-electron chi connectivity index (χ1n) is 12.9. The third-order valence-electron chi connectivity index (χ3n) is 6.63. The number of amides is 1. The zero-order valence-electron chi connectivity index (χ0n) is 21.3. The Morgan fingerprint density at radius 1 is 0.972 bits per heavy atom. The first-order chi connectivity index (χ1) is 17.5. The lowest BCUT2D eigenvalue weighted by Crippen LogP contribution is -2.51. The third-order valence-corrected chi connectivity index (χ3v) is 6.63. The van der Waals surface area contributed by atoms with Crippen LogP contribution in [0, 0.1) is 5.82 Å². The molecule has 196 valence electrons. The van der Waals surface area contributed by atoms with Crippen molar-refractivity contribution in [3.05, 3.63) is 53.3 Å². The van der Waals surface area contributed by atoms with Gasteiger partial charge >= 0.3 is 0 Å². The number of nitrogens with one attached hydrogen (secondary N) is 3. The smallest absolute Gasteiger partial charge is 0.251 e. The Morgan fingerprint density at radius 3 is 2.17 bits per heavy atom. The maximum Gasteiger partial charge on any atom is 0.251 e. The lowest BCUT2D eigenvalue weighted by atomic mass is 10.0. The summed E-state index contributed by atoms with van der Waals surface area (Å²) in [5, 5.41) is 3.19. The largest absolute Gasteiger partial charge is 0.490 e. The van der Waals surface area contributed by atoms with Gasteiger partial charge in [-0.2, -0.15) is 0 Å². The van der Waals surface area contributed by atoms with E-state index < -0.39 is 0 Å². The van der Waals surface area contributed by atoms with Crippen molar-refractivity contribution >= 4 is 5.91 Å². The number of hydrogen-bond donors (Lipinski definition) is 3. The van der Waals surface area contributed by atoms with Gasteiger partial charge in [0.2, 0.25) is 5.75 Å². The van der Waals surface area contributed by atoms with Crippen molar-refractivity contribution in [2.24, 2.45) is 0 Å². The lowest BCUT2D eigenvalue weighted by Gasteiger charge is -2.35. The number of ether oxygens (including phenoxy) is 3. The van der Waals surface area contributed by atoms with Crippen molar-refractivity contribution in [2.75, 3.05) is 32.9 Å². The van der Waals surface area contributed by atoms with Crippen LogP contribution < -0.4 is 30.4 Å². The highest BCUT2D eigenvalue weighted by atomic mass is 19.1. The molecule has 0 aliphatic carbocycles. The molecule has 0 radical (unpaired) electrons. The predicted octanol–water partition coefficient (Wildman–Crippen LogP) is 3.78. The molecule has 0 saturated carbocycles. The van der Waals surface area contributed by atoms with Gasteiger partial charge in [0.05, 0.1) is 26.0 Å². The molecular weight excluding hydrogens is 463 g/mol. The fourth-order valence-corrected chi connectivity index (χ4v) is 4.84. The minimum atomic E-state index is -0.223. The van der Waals surface area contributed by atoms with Gasteiger partial charge in [0.1, 0.15) is 5.82 Å². The molecule has 8 nitrogen and oxygen atoms in total. The molecule has 2 aliphatic heterocycles. The fraction of sp³-hybridized carbons (Fsp3) is 0.519. The van der Waals surface area contributed by atoms with Crippen LogP contribution in [0.5, 0.6) is 17.2 Å². The van der Waals surface area contributed by atoms with Gasteiger partial charge in [0.25, 0.3) is 5.91 Å². The van der Waals surface area contributed by atoms with Gasteiger partial charge in [-0.1, -0.05) is 12.1 Å². The zero-order chi connectivity index (χ0) is 25.5. The fourth-order valence-electron chi connectivity index (χ4n) is 4.84. The van der Waals surface area contributed by atoms with Gasteiger partial charge in [0, 0.05) is 30.7 Å². The van der Waals surface area contributed by atoms with E-state index in [0.717, 1.165) is 37.9 Å². The van der Waals surface area contributed by atoms with Crippen LogP contribution in [0.4, 0.5) is 4.39 Å². The monoisotopic (exact) mass is 500 g/mol. The number of halogens is 1. The number of benzene rings is 2. The quantitative estimate of drug-likeness (QED) is 0.458. The molecule has 2 unspecified atom stereocenters. The topological polar surface area (TPSA) is 84.1 Å². The Kier molecular flexibility index (Phi) is 9.01. The second kappa shape index (κ2) is 12.4. The number of likely N-dealkylation sites (tertiary alicyclic amines) is 1. The molecular formula is C27H37FN4O4. The average Bonchev–Trinajstić information content (AvgIpc) is 3.37. The Balaban J connectivity index is 1.33. The molecule has 0 spiro atoms. The van der Waals surface area contributed by atoms with Gasteiger partial charge in [-0.15, -0.1) is 0 Å². The minimum absolute atomic E-state index is 0.0914. The molecule has 1 amide bonds. The number of carbonyl (C=O) groups excluding carboxylic acids is 1. The standard InChI is InChI=1S/C27H37FN4O4/c1-4-34-23-15-19(16-24(35-5-2)26(23)36-6-3)27(33)29-21-11-13-32(14-12-21)25-17-22(30-31-25)18-7-9-20(28)10-8-18/h7-10,15-16,21-22,25,30-31H,4-6,11-14,17H2,1-3H3,(H,29,33). The minimum Gasteiger partial charge on any atom is -0.490 e. The van der Waals surface area contributed by atoms with Crippen LogP contribution in [0.25, 0.3) is 0 Å². The summed E-state index contributed by atoms with van der Waals surface area (Å²) in [6.07, 6.45) is 2.82. The van der Waals surface area contributed by atoms with E-state index in [1.807, 2.05) is 32.9 Å². The predicted molar refractivity (Wildman–Crippen MR) is 136 cm³/mol. The molecule has 36 heavy (non-hydrogen) atoms. The molecule has 2 aromatic rings. The molecule has 2 fully saturated rings. The molecule has 2 aromatic carbocycles. The Morgan fingerprint density at radius 2 is 1.58 bits per heavy atom. The van der Waals surface area contributed by atoms with Crippen LogP contribution in [-0.2, 0) is 0 Å². The maximum absolute atomic E-state index is 13.2. The SMILES string of the molecule is CCOc1cc(C(=O)NC2CCN(C3CC(c4ccc(F)cc4)NN3)CC2)cc(OCC)c1OCC. The number of carbonyl (C=O) groups is 1. The highest BCUT2D eigenvalue weighted by Crippen LogP contribution is 2.39. The van der Waals surface area contributed by atoms with E-state index in [9.17, 15) is 9.18 Å². The van der Waals surface area contributed by atoms with Crippen LogP contribution in [0.1, 0.15) is 62.0 Å². The van der Waals surface area contributed by atoms with Crippen LogP contribution in [0.2, 0.25) is 0 Å². The molecule has 2 heterocycles. The lowest BCUT2D eigenvalue weighted by molar-refractivity contribution is 0.0879. The summed E-state index contributed by atoms with van der Waals surface area (Å²) in [4.78, 5) is 15.5. The van der Waals surface area contributed by atoms with Gasteiger partial charge in [-0.3, -0.25) is 9.69 Å². The van der Waals surface area contributed by atoms with E-state index in [4.69, 9.17) is 14.2 Å². The first-order valence-corrected chi connectivity index (χ1v) is 12.9. The highest BCUT2D eigenvalue weighted by molar-refractivity contribution is 5.95. The summed E-state index contributed by atoms with van der Waals surface area (Å²) >= 11 is 0. The summed E-state index contributed by atoms with van der Waals surface area (Å²) < 4.78 is 30.5. The van der Waals surface area contributed by atoms with Crippen LogP contribution in [0.15, 0.2) is 36.4 Å². The van der Waals surface area contributed by atoms with Gasteiger partial charge in [-0.25, -0.2) is 15.2 Å². The first kappa shape index (κ1) is 26.2. The second-order valence-corrected chi connectivity index (χ2v) is 9.03. The summed E-state index contributed by atoms with van der Waals surface area (Å²) in [6, 6.07) is 10.3. The van der Waals surface area contributed by atoms with Crippen molar-refractivity contribution in [1.82, 2.24) is 21.1 Å². The van der Waals surface area contributed by atoms with E-state index in [1.54, 1.807) is 12.1 Å². The molecule has 2 aliphatic rings. The number of piperidine rings is 1. The molecule has 0 aromatic heterocycles. The van der Waals surface area contributed by atoms with Crippen molar-refractivity contribution in [1.29, 1.82) is 0 Å². The normalized spacial score (nSPS) is 20.8. The highest BCUT2D eigenvalue weighted by Gasteiger charge is 2.32. The van der Waals surface area contributed by atoms with Crippen molar-refractivity contribution in [3.63, 3.8) is 0 Å². The molecule has 2 saturated heterocycles. The molecule has 4 rings (SSSR count). The maximum atomic E-state index is 13.2. The molecule has 2 atom stereocenters. The molecule has 9 heteroatoms. The van der Waals surface area contributed by atoms with Gasteiger partial charge in [-0.05, 0) is 69.9 Å². The van der Waals surface area contributed by atoms with Crippen molar-refractivity contribution in [3.8, 4) is 17.2 Å². The van der Waals surface area contributed by atoms with Crippen LogP contribution in [-0.4, -0.2) is 55.9 Å². The Labute approximate surface area is 212 Å².